The summed E-state index contributed by atoms with van der Waals surface area (Å²) in [6, 6.07) is 0. The fraction of sp³-hybridized carbons (Fsp3) is 0.889. The standard InChI is InChI=1S/C9H17NO2/c1-2-8(5-10)9(11)12-6-7-3-4-7/h7-8H,2-6,10H2,1H3. The Morgan fingerprint density at radius 1 is 1.67 bits per heavy atom. The van der Waals surface area contributed by atoms with Gasteiger partial charge in [-0.1, -0.05) is 6.92 Å². The lowest BCUT2D eigenvalue weighted by molar-refractivity contribution is -0.148. The average molecular weight is 171 g/mol. The number of hydrogen-bond acceptors (Lipinski definition) is 3. The normalized spacial score (nSPS) is 18.8. The molecule has 1 rings (SSSR count). The van der Waals surface area contributed by atoms with Crippen LogP contribution in [0.3, 0.4) is 0 Å². The third-order valence-corrected chi connectivity index (χ3v) is 2.27. The molecule has 1 fully saturated rings. The zero-order valence-electron chi connectivity index (χ0n) is 7.58. The van der Waals surface area contributed by atoms with E-state index in [0.717, 1.165) is 6.42 Å². The molecule has 0 saturated heterocycles. The van der Waals surface area contributed by atoms with Gasteiger partial charge in [-0.25, -0.2) is 0 Å². The predicted octanol–water partition coefficient (Wildman–Crippen LogP) is 0.924. The predicted molar refractivity (Wildman–Crippen MR) is 46.5 cm³/mol. The van der Waals surface area contributed by atoms with Crippen molar-refractivity contribution in [2.75, 3.05) is 13.2 Å². The third kappa shape index (κ3) is 2.81. The molecule has 0 radical (unpaired) electrons. The topological polar surface area (TPSA) is 52.3 Å². The molecule has 0 aliphatic heterocycles. The van der Waals surface area contributed by atoms with Crippen molar-refractivity contribution in [3.05, 3.63) is 0 Å². The Morgan fingerprint density at radius 3 is 2.75 bits per heavy atom. The SMILES string of the molecule is CCC(CN)C(=O)OCC1CC1. The zero-order valence-corrected chi connectivity index (χ0v) is 7.58. The van der Waals surface area contributed by atoms with Crippen molar-refractivity contribution in [3.63, 3.8) is 0 Å². The van der Waals surface area contributed by atoms with Crippen molar-refractivity contribution in [2.24, 2.45) is 17.6 Å². The first-order valence-corrected chi connectivity index (χ1v) is 4.64. The molecule has 2 N–H and O–H groups in total. The van der Waals surface area contributed by atoms with Crippen LogP contribution in [0.4, 0.5) is 0 Å². The number of carbonyl (C=O) groups is 1. The Balaban J connectivity index is 2.15. The largest absolute Gasteiger partial charge is 0.465 e. The molecule has 1 saturated carbocycles. The van der Waals surface area contributed by atoms with Gasteiger partial charge in [-0.05, 0) is 25.2 Å². The monoisotopic (exact) mass is 171 g/mol. The molecule has 1 atom stereocenters. The lowest BCUT2D eigenvalue weighted by Gasteiger charge is -2.10. The first-order chi connectivity index (χ1) is 5.77. The van der Waals surface area contributed by atoms with Gasteiger partial charge in [0, 0.05) is 6.54 Å². The van der Waals surface area contributed by atoms with Crippen molar-refractivity contribution in [1.29, 1.82) is 0 Å². The van der Waals surface area contributed by atoms with Crippen LogP contribution in [-0.2, 0) is 9.53 Å². The van der Waals surface area contributed by atoms with E-state index >= 15 is 0 Å². The minimum Gasteiger partial charge on any atom is -0.465 e. The molecule has 0 aromatic heterocycles. The van der Waals surface area contributed by atoms with Gasteiger partial charge in [0.05, 0.1) is 12.5 Å². The second-order valence-corrected chi connectivity index (χ2v) is 3.41. The molecule has 3 heteroatoms. The second-order valence-electron chi connectivity index (χ2n) is 3.41. The van der Waals surface area contributed by atoms with Crippen molar-refractivity contribution in [2.45, 2.75) is 26.2 Å². The summed E-state index contributed by atoms with van der Waals surface area (Å²) < 4.78 is 5.09. The molecular weight excluding hydrogens is 154 g/mol. The molecule has 0 spiro atoms. The number of hydrogen-bond donors (Lipinski definition) is 1. The summed E-state index contributed by atoms with van der Waals surface area (Å²) in [7, 11) is 0. The Hall–Kier alpha value is -0.570. The van der Waals surface area contributed by atoms with E-state index < -0.39 is 0 Å². The van der Waals surface area contributed by atoms with Gasteiger partial charge in [0.2, 0.25) is 0 Å². The number of ether oxygens (including phenoxy) is 1. The van der Waals surface area contributed by atoms with E-state index in [1.165, 1.54) is 12.8 Å². The molecule has 70 valence electrons. The lowest BCUT2D eigenvalue weighted by atomic mass is 10.1. The van der Waals surface area contributed by atoms with Crippen LogP contribution in [0.2, 0.25) is 0 Å². The quantitative estimate of drug-likeness (QED) is 0.626. The summed E-state index contributed by atoms with van der Waals surface area (Å²) >= 11 is 0. The van der Waals surface area contributed by atoms with E-state index in [1.54, 1.807) is 0 Å². The first kappa shape index (κ1) is 9.52. The minimum absolute atomic E-state index is 0.0938. The van der Waals surface area contributed by atoms with Crippen LogP contribution in [0.1, 0.15) is 26.2 Å². The van der Waals surface area contributed by atoms with Crippen LogP contribution in [0, 0.1) is 11.8 Å². The Bertz CT molecular complexity index is 151. The zero-order chi connectivity index (χ0) is 8.97. The number of carbonyl (C=O) groups excluding carboxylic acids is 1. The van der Waals surface area contributed by atoms with Gasteiger partial charge in [-0.15, -0.1) is 0 Å². The van der Waals surface area contributed by atoms with Crippen molar-refractivity contribution in [3.8, 4) is 0 Å². The highest BCUT2D eigenvalue weighted by molar-refractivity contribution is 5.72. The molecule has 0 aromatic carbocycles. The van der Waals surface area contributed by atoms with Crippen LogP contribution in [0.5, 0.6) is 0 Å². The van der Waals surface area contributed by atoms with Gasteiger partial charge in [0.15, 0.2) is 0 Å². The number of nitrogens with two attached hydrogens (primary N) is 1. The molecule has 1 aliphatic carbocycles. The molecule has 0 heterocycles. The van der Waals surface area contributed by atoms with Gasteiger partial charge in [0.1, 0.15) is 0 Å². The van der Waals surface area contributed by atoms with E-state index in [9.17, 15) is 4.79 Å². The van der Waals surface area contributed by atoms with Gasteiger partial charge < -0.3 is 10.5 Å². The van der Waals surface area contributed by atoms with Crippen LogP contribution in [0.25, 0.3) is 0 Å². The van der Waals surface area contributed by atoms with E-state index in [1.807, 2.05) is 6.92 Å². The number of rotatable bonds is 5. The van der Waals surface area contributed by atoms with Crippen molar-refractivity contribution in [1.82, 2.24) is 0 Å². The molecule has 0 aromatic rings. The minimum atomic E-state index is -0.119. The van der Waals surface area contributed by atoms with Crippen LogP contribution >= 0.6 is 0 Å². The maximum Gasteiger partial charge on any atom is 0.310 e. The highest BCUT2D eigenvalue weighted by atomic mass is 16.5. The Morgan fingerprint density at radius 2 is 2.33 bits per heavy atom. The smallest absolute Gasteiger partial charge is 0.310 e. The summed E-state index contributed by atoms with van der Waals surface area (Å²) in [5, 5.41) is 0. The number of esters is 1. The summed E-state index contributed by atoms with van der Waals surface area (Å²) in [5.74, 6) is 0.430. The molecule has 0 amide bonds. The molecular formula is C9H17NO2. The molecule has 12 heavy (non-hydrogen) atoms. The second kappa shape index (κ2) is 4.45. The van der Waals surface area contributed by atoms with Gasteiger partial charge >= 0.3 is 5.97 Å². The summed E-state index contributed by atoms with van der Waals surface area (Å²) in [6.45, 7) is 2.96. The fourth-order valence-corrected chi connectivity index (χ4v) is 1.03. The van der Waals surface area contributed by atoms with E-state index in [2.05, 4.69) is 0 Å². The lowest BCUT2D eigenvalue weighted by Crippen LogP contribution is -2.25. The van der Waals surface area contributed by atoms with Crippen LogP contribution in [0.15, 0.2) is 0 Å². The molecule has 1 unspecified atom stereocenters. The Labute approximate surface area is 73.3 Å². The average Bonchev–Trinajstić information content (AvgIpc) is 2.86. The molecule has 3 nitrogen and oxygen atoms in total. The van der Waals surface area contributed by atoms with Crippen LogP contribution in [-0.4, -0.2) is 19.1 Å². The molecule has 0 bridgehead atoms. The first-order valence-electron chi connectivity index (χ1n) is 4.64. The fourth-order valence-electron chi connectivity index (χ4n) is 1.03. The van der Waals surface area contributed by atoms with Gasteiger partial charge in [-0.3, -0.25) is 4.79 Å². The van der Waals surface area contributed by atoms with Gasteiger partial charge in [-0.2, -0.15) is 0 Å². The van der Waals surface area contributed by atoms with Crippen molar-refractivity contribution < 1.29 is 9.53 Å². The van der Waals surface area contributed by atoms with Gasteiger partial charge in [0.25, 0.3) is 0 Å². The van der Waals surface area contributed by atoms with Crippen molar-refractivity contribution >= 4 is 5.97 Å². The maximum atomic E-state index is 11.2. The third-order valence-electron chi connectivity index (χ3n) is 2.27. The summed E-state index contributed by atoms with van der Waals surface area (Å²) in [6.07, 6.45) is 3.21. The highest BCUT2D eigenvalue weighted by Crippen LogP contribution is 2.29. The van der Waals surface area contributed by atoms with E-state index in [-0.39, 0.29) is 11.9 Å². The Kier molecular flexibility index (Phi) is 3.53. The van der Waals surface area contributed by atoms with Crippen LogP contribution < -0.4 is 5.73 Å². The maximum absolute atomic E-state index is 11.2. The summed E-state index contributed by atoms with van der Waals surface area (Å²) in [4.78, 5) is 11.2. The van der Waals surface area contributed by atoms with E-state index in [4.69, 9.17) is 10.5 Å². The molecule has 1 aliphatic rings. The van der Waals surface area contributed by atoms with E-state index in [0.29, 0.717) is 19.1 Å². The highest BCUT2D eigenvalue weighted by Gasteiger charge is 2.24. The summed E-state index contributed by atoms with van der Waals surface area (Å²) in [5.41, 5.74) is 5.41.